The summed E-state index contributed by atoms with van der Waals surface area (Å²) in [4.78, 5) is 26.8. The van der Waals surface area contributed by atoms with Crippen LogP contribution in [0, 0.1) is 0 Å². The summed E-state index contributed by atoms with van der Waals surface area (Å²) < 4.78 is 9.75. The van der Waals surface area contributed by atoms with Gasteiger partial charge < -0.3 is 14.8 Å². The van der Waals surface area contributed by atoms with Crippen LogP contribution in [0.15, 0.2) is 18.3 Å². The molecule has 7 heteroatoms. The first-order valence-corrected chi connectivity index (χ1v) is 7.48. The fourth-order valence-corrected chi connectivity index (χ4v) is 1.76. The van der Waals surface area contributed by atoms with Gasteiger partial charge in [-0.3, -0.25) is 0 Å². The second-order valence-electron chi connectivity index (χ2n) is 5.72. The zero-order valence-corrected chi connectivity index (χ0v) is 14.4. The summed E-state index contributed by atoms with van der Waals surface area (Å²) in [6, 6.07) is 1.60. The molecule has 0 atom stereocenters. The number of nitrogens with zero attached hydrogens (tertiary/aromatic N) is 1. The molecule has 0 saturated carbocycles. The Balaban J connectivity index is 2.52. The van der Waals surface area contributed by atoms with E-state index in [2.05, 4.69) is 15.0 Å². The van der Waals surface area contributed by atoms with Crippen molar-refractivity contribution in [3.8, 4) is 0 Å². The number of nitrogens with one attached hydrogen (secondary N) is 1. The topological polar surface area (TPSA) is 77.5 Å². The summed E-state index contributed by atoms with van der Waals surface area (Å²) in [5, 5.41) is 2.93. The van der Waals surface area contributed by atoms with E-state index in [4.69, 9.17) is 16.3 Å². The Labute approximate surface area is 140 Å². The van der Waals surface area contributed by atoms with Gasteiger partial charge in [0.2, 0.25) is 0 Å². The molecule has 1 amide bonds. The standard InChI is InChI=1S/C16H21ClN2O4/c1-16(2,3)23-15(21)18-8-6-5-7-11-9-12(14(20)22-4)10-19-13(11)17/h5,7,9-10H,6,8H2,1-4H3,(H,18,21). The van der Waals surface area contributed by atoms with Gasteiger partial charge in [-0.25, -0.2) is 14.6 Å². The lowest BCUT2D eigenvalue weighted by atomic mass is 10.2. The summed E-state index contributed by atoms with van der Waals surface area (Å²) in [6.07, 6.45) is 5.03. The normalized spacial score (nSPS) is 11.3. The Bertz CT molecular complexity index is 594. The smallest absolute Gasteiger partial charge is 0.407 e. The number of ether oxygens (including phenoxy) is 2. The summed E-state index contributed by atoms with van der Waals surface area (Å²) in [5.74, 6) is -0.476. The van der Waals surface area contributed by atoms with Crippen molar-refractivity contribution in [3.05, 3.63) is 34.6 Å². The molecule has 0 aromatic carbocycles. The Kier molecular flexibility index (Phi) is 7.03. The number of halogens is 1. The van der Waals surface area contributed by atoms with Crippen LogP contribution in [-0.4, -0.2) is 36.3 Å². The number of esters is 1. The maximum Gasteiger partial charge on any atom is 0.407 e. The highest BCUT2D eigenvalue weighted by Crippen LogP contribution is 2.16. The maximum atomic E-state index is 11.5. The fraction of sp³-hybridized carbons (Fsp3) is 0.438. The molecule has 0 radical (unpaired) electrons. The van der Waals surface area contributed by atoms with Gasteiger partial charge >= 0.3 is 12.1 Å². The van der Waals surface area contributed by atoms with Crippen molar-refractivity contribution in [2.75, 3.05) is 13.7 Å². The molecular formula is C16H21ClN2O4. The van der Waals surface area contributed by atoms with Crippen molar-refractivity contribution in [2.24, 2.45) is 0 Å². The van der Waals surface area contributed by atoms with E-state index in [1.807, 2.05) is 6.08 Å². The van der Waals surface area contributed by atoms with E-state index in [0.29, 0.717) is 24.1 Å². The van der Waals surface area contributed by atoms with Crippen molar-refractivity contribution in [1.29, 1.82) is 0 Å². The number of carbonyl (C=O) groups is 2. The molecule has 0 aliphatic heterocycles. The molecule has 126 valence electrons. The van der Waals surface area contributed by atoms with Gasteiger partial charge in [0.1, 0.15) is 10.8 Å². The predicted octanol–water partition coefficient (Wildman–Crippen LogP) is 3.45. The molecule has 1 rings (SSSR count). The number of pyridine rings is 1. The third kappa shape index (κ3) is 7.15. The van der Waals surface area contributed by atoms with E-state index in [1.54, 1.807) is 32.9 Å². The Hall–Kier alpha value is -2.08. The number of amides is 1. The van der Waals surface area contributed by atoms with Gasteiger partial charge in [0.15, 0.2) is 0 Å². The number of rotatable bonds is 5. The molecule has 6 nitrogen and oxygen atoms in total. The van der Waals surface area contributed by atoms with Crippen LogP contribution in [0.25, 0.3) is 6.08 Å². The average molecular weight is 341 g/mol. The highest BCUT2D eigenvalue weighted by molar-refractivity contribution is 6.30. The van der Waals surface area contributed by atoms with Crippen LogP contribution in [0.4, 0.5) is 4.79 Å². The minimum atomic E-state index is -0.520. The summed E-state index contributed by atoms with van der Waals surface area (Å²) >= 11 is 5.98. The lowest BCUT2D eigenvalue weighted by Gasteiger charge is -2.19. The molecule has 0 unspecified atom stereocenters. The average Bonchev–Trinajstić information content (AvgIpc) is 2.46. The van der Waals surface area contributed by atoms with Crippen LogP contribution in [0.2, 0.25) is 5.15 Å². The third-order valence-electron chi connectivity index (χ3n) is 2.56. The highest BCUT2D eigenvalue weighted by Gasteiger charge is 2.15. The summed E-state index contributed by atoms with van der Waals surface area (Å²) in [5.41, 5.74) is 0.406. The first-order chi connectivity index (χ1) is 10.7. The Morgan fingerprint density at radius 2 is 2.09 bits per heavy atom. The van der Waals surface area contributed by atoms with Crippen LogP contribution in [0.1, 0.15) is 43.1 Å². The molecule has 1 aromatic rings. The molecule has 0 spiro atoms. The highest BCUT2D eigenvalue weighted by atomic mass is 35.5. The number of alkyl carbamates (subject to hydrolysis) is 1. The van der Waals surface area contributed by atoms with Gasteiger partial charge in [-0.05, 0) is 33.3 Å². The second-order valence-corrected chi connectivity index (χ2v) is 6.07. The number of hydrogen-bond donors (Lipinski definition) is 1. The predicted molar refractivity (Wildman–Crippen MR) is 88.5 cm³/mol. The number of carbonyl (C=O) groups excluding carboxylic acids is 2. The van der Waals surface area contributed by atoms with E-state index in [1.165, 1.54) is 13.3 Å². The van der Waals surface area contributed by atoms with Crippen molar-refractivity contribution < 1.29 is 19.1 Å². The number of aromatic nitrogens is 1. The molecule has 0 saturated heterocycles. The zero-order chi connectivity index (χ0) is 17.5. The third-order valence-corrected chi connectivity index (χ3v) is 2.88. The lowest BCUT2D eigenvalue weighted by Crippen LogP contribution is -2.32. The monoisotopic (exact) mass is 340 g/mol. The minimum absolute atomic E-state index is 0.286. The van der Waals surface area contributed by atoms with E-state index in [0.717, 1.165) is 0 Å². The molecule has 1 heterocycles. The van der Waals surface area contributed by atoms with E-state index < -0.39 is 17.7 Å². The Morgan fingerprint density at radius 1 is 1.39 bits per heavy atom. The van der Waals surface area contributed by atoms with Crippen molar-refractivity contribution in [3.63, 3.8) is 0 Å². The number of hydrogen-bond acceptors (Lipinski definition) is 5. The van der Waals surface area contributed by atoms with Gasteiger partial charge in [-0.1, -0.05) is 23.8 Å². The van der Waals surface area contributed by atoms with Crippen LogP contribution in [0.5, 0.6) is 0 Å². The van der Waals surface area contributed by atoms with Gasteiger partial charge in [-0.15, -0.1) is 0 Å². The largest absolute Gasteiger partial charge is 0.465 e. The molecule has 0 bridgehead atoms. The molecule has 23 heavy (non-hydrogen) atoms. The van der Waals surface area contributed by atoms with Crippen molar-refractivity contribution in [1.82, 2.24) is 10.3 Å². The van der Waals surface area contributed by atoms with Crippen LogP contribution in [-0.2, 0) is 9.47 Å². The van der Waals surface area contributed by atoms with E-state index in [9.17, 15) is 9.59 Å². The molecule has 0 aliphatic rings. The van der Waals surface area contributed by atoms with Crippen molar-refractivity contribution in [2.45, 2.75) is 32.8 Å². The van der Waals surface area contributed by atoms with Crippen LogP contribution in [0.3, 0.4) is 0 Å². The quantitative estimate of drug-likeness (QED) is 0.504. The molecule has 0 aliphatic carbocycles. The number of methoxy groups -OCH3 is 1. The first kappa shape index (κ1) is 19.0. The SMILES string of the molecule is COC(=O)c1cnc(Cl)c(C=CCCNC(=O)OC(C)(C)C)c1. The lowest BCUT2D eigenvalue weighted by molar-refractivity contribution is 0.0527. The Morgan fingerprint density at radius 3 is 2.70 bits per heavy atom. The van der Waals surface area contributed by atoms with Gasteiger partial charge in [-0.2, -0.15) is 0 Å². The fourth-order valence-electron chi connectivity index (χ4n) is 1.59. The molecule has 1 N–H and O–H groups in total. The van der Waals surface area contributed by atoms with Gasteiger partial charge in [0.05, 0.1) is 12.7 Å². The molecular weight excluding hydrogens is 320 g/mol. The summed E-state index contributed by atoms with van der Waals surface area (Å²) in [7, 11) is 1.30. The van der Waals surface area contributed by atoms with Crippen molar-refractivity contribution >= 4 is 29.7 Å². The van der Waals surface area contributed by atoms with Crippen LogP contribution >= 0.6 is 11.6 Å². The molecule has 1 aromatic heterocycles. The van der Waals surface area contributed by atoms with Crippen LogP contribution < -0.4 is 5.32 Å². The van der Waals surface area contributed by atoms with Gasteiger partial charge in [0.25, 0.3) is 0 Å². The minimum Gasteiger partial charge on any atom is -0.465 e. The van der Waals surface area contributed by atoms with E-state index >= 15 is 0 Å². The maximum absolute atomic E-state index is 11.5. The second kappa shape index (κ2) is 8.53. The van der Waals surface area contributed by atoms with E-state index in [-0.39, 0.29) is 5.15 Å². The van der Waals surface area contributed by atoms with Gasteiger partial charge in [0, 0.05) is 18.3 Å². The summed E-state index contributed by atoms with van der Waals surface area (Å²) in [6.45, 7) is 5.83. The zero-order valence-electron chi connectivity index (χ0n) is 13.7. The molecule has 0 fully saturated rings. The first-order valence-electron chi connectivity index (χ1n) is 7.10.